The smallest absolute Gasteiger partial charge is 0.257 e. The molecule has 0 atom stereocenters. The van der Waals surface area contributed by atoms with Crippen LogP contribution in [0.25, 0.3) is 10.8 Å². The molecule has 0 saturated heterocycles. The Bertz CT molecular complexity index is 824. The van der Waals surface area contributed by atoms with E-state index in [4.69, 9.17) is 4.42 Å². The van der Waals surface area contributed by atoms with E-state index >= 15 is 0 Å². The van der Waals surface area contributed by atoms with Crippen LogP contribution < -0.4 is 5.32 Å². The Morgan fingerprint density at radius 3 is 2.65 bits per heavy atom. The summed E-state index contributed by atoms with van der Waals surface area (Å²) in [7, 11) is 0. The molecular formula is C16H16N4O2S. The van der Waals surface area contributed by atoms with Crippen LogP contribution in [0.4, 0.5) is 5.69 Å². The summed E-state index contributed by atoms with van der Waals surface area (Å²) in [5.41, 5.74) is 1.31. The number of aryl methyl sites for hydroxylation is 1. The molecule has 0 bridgehead atoms. The van der Waals surface area contributed by atoms with Gasteiger partial charge < -0.3 is 9.73 Å². The first-order valence-electron chi connectivity index (χ1n) is 7.20. The molecule has 1 amide bonds. The predicted molar refractivity (Wildman–Crippen MR) is 88.6 cm³/mol. The minimum absolute atomic E-state index is 0.173. The molecular weight excluding hydrogens is 312 g/mol. The second-order valence-corrected chi connectivity index (χ2v) is 6.63. The van der Waals surface area contributed by atoms with Crippen LogP contribution in [-0.2, 0) is 0 Å². The summed E-state index contributed by atoms with van der Waals surface area (Å²) in [6, 6.07) is 5.20. The number of thiophene rings is 1. The molecule has 0 radical (unpaired) electrons. The van der Waals surface area contributed by atoms with Crippen LogP contribution in [0.1, 0.15) is 40.9 Å². The van der Waals surface area contributed by atoms with Gasteiger partial charge in [0.2, 0.25) is 5.89 Å². The second kappa shape index (κ2) is 6.29. The number of nitrogens with one attached hydrogen (secondary N) is 1. The van der Waals surface area contributed by atoms with Crippen molar-refractivity contribution in [2.45, 2.75) is 26.7 Å². The molecule has 0 saturated carbocycles. The molecule has 0 aromatic carbocycles. The molecule has 0 aliphatic heterocycles. The van der Waals surface area contributed by atoms with E-state index in [1.54, 1.807) is 24.5 Å². The third-order valence-electron chi connectivity index (χ3n) is 3.25. The fourth-order valence-electron chi connectivity index (χ4n) is 1.98. The molecule has 3 heterocycles. The lowest BCUT2D eigenvalue weighted by Gasteiger charge is -2.03. The van der Waals surface area contributed by atoms with E-state index in [2.05, 4.69) is 20.5 Å². The molecule has 118 valence electrons. The van der Waals surface area contributed by atoms with Crippen molar-refractivity contribution in [3.63, 3.8) is 0 Å². The largest absolute Gasteiger partial charge is 0.420 e. The third kappa shape index (κ3) is 3.29. The van der Waals surface area contributed by atoms with Gasteiger partial charge in [0.05, 0.1) is 10.6 Å². The van der Waals surface area contributed by atoms with Crippen molar-refractivity contribution in [1.29, 1.82) is 0 Å². The first-order valence-corrected chi connectivity index (χ1v) is 8.02. The average Bonchev–Trinajstić information content (AvgIpc) is 3.16. The number of anilines is 1. The van der Waals surface area contributed by atoms with E-state index < -0.39 is 0 Å². The van der Waals surface area contributed by atoms with Gasteiger partial charge in [0.25, 0.3) is 11.8 Å². The lowest BCUT2D eigenvalue weighted by molar-refractivity contribution is 0.102. The molecule has 0 aliphatic rings. The highest BCUT2D eigenvalue weighted by Crippen LogP contribution is 2.34. The minimum Gasteiger partial charge on any atom is -0.420 e. The Balaban J connectivity index is 1.82. The maximum absolute atomic E-state index is 12.2. The van der Waals surface area contributed by atoms with Gasteiger partial charge in [-0.3, -0.25) is 9.78 Å². The number of hydrogen-bond donors (Lipinski definition) is 1. The Morgan fingerprint density at radius 2 is 2.00 bits per heavy atom. The van der Waals surface area contributed by atoms with Crippen molar-refractivity contribution in [1.82, 2.24) is 15.2 Å². The van der Waals surface area contributed by atoms with Gasteiger partial charge in [-0.05, 0) is 25.1 Å². The molecule has 23 heavy (non-hydrogen) atoms. The van der Waals surface area contributed by atoms with E-state index in [9.17, 15) is 4.79 Å². The summed E-state index contributed by atoms with van der Waals surface area (Å²) in [5, 5.41) is 11.0. The number of hydrogen-bond acceptors (Lipinski definition) is 6. The summed E-state index contributed by atoms with van der Waals surface area (Å²) in [4.78, 5) is 17.9. The average molecular weight is 328 g/mol. The summed E-state index contributed by atoms with van der Waals surface area (Å²) in [6.45, 7) is 5.94. The topological polar surface area (TPSA) is 80.9 Å². The number of nitrogens with zero attached hydrogens (tertiary/aromatic N) is 3. The fraction of sp³-hybridized carbons (Fsp3) is 0.250. The molecule has 0 fully saturated rings. The Kier molecular flexibility index (Phi) is 4.20. The quantitative estimate of drug-likeness (QED) is 0.786. The van der Waals surface area contributed by atoms with Crippen molar-refractivity contribution in [3.8, 4) is 10.8 Å². The zero-order valence-electron chi connectivity index (χ0n) is 13.0. The molecule has 0 spiro atoms. The molecule has 3 rings (SSSR count). The van der Waals surface area contributed by atoms with Crippen LogP contribution >= 0.6 is 11.3 Å². The van der Waals surface area contributed by atoms with Crippen molar-refractivity contribution in [2.75, 3.05) is 5.32 Å². The first-order chi connectivity index (χ1) is 11.0. The number of rotatable bonds is 4. The summed E-state index contributed by atoms with van der Waals surface area (Å²) >= 11 is 1.51. The molecule has 7 heteroatoms. The van der Waals surface area contributed by atoms with E-state index in [1.807, 2.05) is 26.8 Å². The molecule has 0 aliphatic carbocycles. The number of carbonyl (C=O) groups excluding carboxylic acids is 1. The van der Waals surface area contributed by atoms with Crippen molar-refractivity contribution >= 4 is 22.9 Å². The Hall–Kier alpha value is -2.54. The summed E-state index contributed by atoms with van der Waals surface area (Å²) in [5.74, 6) is 1.09. The van der Waals surface area contributed by atoms with Gasteiger partial charge in [0.1, 0.15) is 0 Å². The molecule has 3 aromatic heterocycles. The standard InChI is InChI=1S/C16H16N4O2S/c1-9(2)15-19-20-16(22-15)13-8-12(10(3)23-13)18-14(21)11-4-6-17-7-5-11/h4-9H,1-3H3,(H,18,21). The highest BCUT2D eigenvalue weighted by Gasteiger charge is 2.16. The van der Waals surface area contributed by atoms with Gasteiger partial charge in [-0.2, -0.15) is 0 Å². The van der Waals surface area contributed by atoms with Crippen molar-refractivity contribution < 1.29 is 9.21 Å². The number of carbonyl (C=O) groups is 1. The summed E-state index contributed by atoms with van der Waals surface area (Å²) in [6.07, 6.45) is 3.18. The van der Waals surface area contributed by atoms with Gasteiger partial charge in [-0.15, -0.1) is 21.5 Å². The highest BCUT2D eigenvalue weighted by molar-refractivity contribution is 7.15. The SMILES string of the molecule is Cc1sc(-c2nnc(C(C)C)o2)cc1NC(=O)c1ccncc1. The number of amides is 1. The molecule has 0 unspecified atom stereocenters. The van der Waals surface area contributed by atoms with E-state index in [-0.39, 0.29) is 11.8 Å². The Morgan fingerprint density at radius 1 is 1.26 bits per heavy atom. The monoisotopic (exact) mass is 328 g/mol. The maximum Gasteiger partial charge on any atom is 0.257 e. The zero-order valence-corrected chi connectivity index (χ0v) is 13.8. The van der Waals surface area contributed by atoms with Crippen molar-refractivity contribution in [3.05, 3.63) is 46.9 Å². The maximum atomic E-state index is 12.2. The summed E-state index contributed by atoms with van der Waals surface area (Å²) < 4.78 is 5.66. The van der Waals surface area contributed by atoms with Gasteiger partial charge >= 0.3 is 0 Å². The number of aromatic nitrogens is 3. The lowest BCUT2D eigenvalue weighted by Crippen LogP contribution is -2.11. The second-order valence-electron chi connectivity index (χ2n) is 5.37. The predicted octanol–water partition coefficient (Wildman–Crippen LogP) is 3.88. The van der Waals surface area contributed by atoms with Gasteiger partial charge in [0, 0.05) is 28.8 Å². The van der Waals surface area contributed by atoms with E-state index in [0.717, 1.165) is 15.4 Å². The molecule has 6 nitrogen and oxygen atoms in total. The normalized spacial score (nSPS) is 11.0. The highest BCUT2D eigenvalue weighted by atomic mass is 32.1. The van der Waals surface area contributed by atoms with Crippen LogP contribution in [0.3, 0.4) is 0 Å². The van der Waals surface area contributed by atoms with Gasteiger partial charge in [0.15, 0.2) is 0 Å². The van der Waals surface area contributed by atoms with E-state index in [1.165, 1.54) is 11.3 Å². The molecule has 1 N–H and O–H groups in total. The van der Waals surface area contributed by atoms with Crippen LogP contribution in [0.15, 0.2) is 35.0 Å². The van der Waals surface area contributed by atoms with Gasteiger partial charge in [-0.1, -0.05) is 13.8 Å². The van der Waals surface area contributed by atoms with Crippen LogP contribution in [0.2, 0.25) is 0 Å². The third-order valence-corrected chi connectivity index (χ3v) is 4.29. The van der Waals surface area contributed by atoms with E-state index in [0.29, 0.717) is 17.3 Å². The van der Waals surface area contributed by atoms with Crippen LogP contribution in [-0.4, -0.2) is 21.1 Å². The Labute approximate surface area is 137 Å². The zero-order chi connectivity index (χ0) is 16.4. The van der Waals surface area contributed by atoms with Crippen LogP contribution in [0, 0.1) is 6.92 Å². The van der Waals surface area contributed by atoms with Crippen molar-refractivity contribution in [2.24, 2.45) is 0 Å². The first kappa shape index (κ1) is 15.4. The minimum atomic E-state index is -0.173. The molecule has 3 aromatic rings. The van der Waals surface area contributed by atoms with Gasteiger partial charge in [-0.25, -0.2) is 0 Å². The van der Waals surface area contributed by atoms with Crippen LogP contribution in [0.5, 0.6) is 0 Å². The lowest BCUT2D eigenvalue weighted by atomic mass is 10.2. The number of pyridine rings is 1. The fourth-order valence-corrected chi connectivity index (χ4v) is 2.87.